The molecule has 0 amide bonds. The van der Waals surface area contributed by atoms with Gasteiger partial charge in [0.15, 0.2) is 0 Å². The van der Waals surface area contributed by atoms with Gasteiger partial charge in [-0.15, -0.1) is 0 Å². The summed E-state index contributed by atoms with van der Waals surface area (Å²) < 4.78 is 41.2. The maximum Gasteiger partial charge on any atom is 0.411 e. The molecule has 0 radical (unpaired) electrons. The largest absolute Gasteiger partial charge is 0.411 e. The number of nitrogens with zero attached hydrogens (tertiary/aromatic N) is 2. The highest BCUT2D eigenvalue weighted by atomic mass is 19.4. The molecule has 0 unspecified atom stereocenters. The average molecular weight is 208 g/mol. The van der Waals surface area contributed by atoms with Crippen molar-refractivity contribution in [3.63, 3.8) is 0 Å². The van der Waals surface area contributed by atoms with E-state index in [9.17, 15) is 13.2 Å². The molecule has 0 aromatic carbocycles. The Morgan fingerprint density at radius 2 is 2.14 bits per heavy atom. The molecule has 3 nitrogen and oxygen atoms in total. The number of hydrogen-bond acceptors (Lipinski definition) is 2. The molecule has 0 spiro atoms. The van der Waals surface area contributed by atoms with Crippen LogP contribution in [0.15, 0.2) is 6.20 Å². The number of rotatable bonds is 3. The molecule has 0 bridgehead atoms. The van der Waals surface area contributed by atoms with E-state index in [1.165, 1.54) is 0 Å². The van der Waals surface area contributed by atoms with Gasteiger partial charge in [0.2, 0.25) is 0 Å². The first-order valence-corrected chi connectivity index (χ1v) is 4.02. The van der Waals surface area contributed by atoms with Gasteiger partial charge in [0.25, 0.3) is 0 Å². The van der Waals surface area contributed by atoms with E-state index < -0.39 is 12.8 Å². The highest BCUT2D eigenvalue weighted by Gasteiger charge is 2.27. The van der Waals surface area contributed by atoms with E-state index in [1.807, 2.05) is 0 Å². The Balaban J connectivity index is 2.42. The van der Waals surface area contributed by atoms with Crippen molar-refractivity contribution in [1.29, 1.82) is 0 Å². The zero-order valence-corrected chi connectivity index (χ0v) is 7.93. The topological polar surface area (TPSA) is 27.1 Å². The number of aromatic nitrogens is 2. The molecule has 0 aliphatic heterocycles. The van der Waals surface area contributed by atoms with Crippen LogP contribution in [-0.4, -0.2) is 22.6 Å². The Morgan fingerprint density at radius 3 is 2.57 bits per heavy atom. The van der Waals surface area contributed by atoms with Crippen molar-refractivity contribution in [3.05, 3.63) is 17.5 Å². The van der Waals surface area contributed by atoms with Crippen LogP contribution in [-0.2, 0) is 18.4 Å². The third-order valence-corrected chi connectivity index (χ3v) is 1.64. The second-order valence-corrected chi connectivity index (χ2v) is 3.02. The molecule has 0 saturated carbocycles. The molecular formula is C8H11F3N2O. The zero-order chi connectivity index (χ0) is 10.8. The minimum Gasteiger partial charge on any atom is -0.367 e. The summed E-state index contributed by atoms with van der Waals surface area (Å²) in [6.45, 7) is 0.451. The van der Waals surface area contributed by atoms with Gasteiger partial charge in [0.1, 0.15) is 6.61 Å². The molecule has 1 aromatic heterocycles. The number of aryl methyl sites for hydroxylation is 2. The summed E-state index contributed by atoms with van der Waals surface area (Å²) >= 11 is 0. The lowest BCUT2D eigenvalue weighted by Gasteiger charge is -2.06. The molecule has 0 aliphatic carbocycles. The highest BCUT2D eigenvalue weighted by molar-refractivity contribution is 5.13. The van der Waals surface area contributed by atoms with Crippen molar-refractivity contribution in [1.82, 2.24) is 9.78 Å². The molecule has 1 rings (SSSR count). The van der Waals surface area contributed by atoms with Crippen molar-refractivity contribution in [2.75, 3.05) is 6.61 Å². The highest BCUT2D eigenvalue weighted by Crippen LogP contribution is 2.16. The predicted octanol–water partition coefficient (Wildman–Crippen LogP) is 1.81. The second-order valence-electron chi connectivity index (χ2n) is 3.02. The average Bonchev–Trinajstić information content (AvgIpc) is 2.27. The summed E-state index contributed by atoms with van der Waals surface area (Å²) in [6.07, 6.45) is -2.62. The fourth-order valence-electron chi connectivity index (χ4n) is 1.07. The lowest BCUT2D eigenvalue weighted by Crippen LogP contribution is -2.16. The Labute approximate surface area is 79.5 Å². The summed E-state index contributed by atoms with van der Waals surface area (Å²) in [5.41, 5.74) is 1.37. The fraction of sp³-hybridized carbons (Fsp3) is 0.625. The molecular weight excluding hydrogens is 197 g/mol. The Hall–Kier alpha value is -1.04. The second kappa shape index (κ2) is 4.00. The molecule has 0 fully saturated rings. The standard InChI is InChI=1S/C8H11F3N2O/c1-6-7(3-13(2)12-6)4-14-5-8(9,10)11/h3H,4-5H2,1-2H3. The lowest BCUT2D eigenvalue weighted by atomic mass is 10.3. The zero-order valence-electron chi connectivity index (χ0n) is 7.93. The van der Waals surface area contributed by atoms with Crippen molar-refractivity contribution < 1.29 is 17.9 Å². The molecule has 1 heterocycles. The van der Waals surface area contributed by atoms with Gasteiger partial charge in [0, 0.05) is 18.8 Å². The monoisotopic (exact) mass is 208 g/mol. The molecule has 0 N–H and O–H groups in total. The van der Waals surface area contributed by atoms with Gasteiger partial charge in [-0.05, 0) is 6.92 Å². The van der Waals surface area contributed by atoms with Crippen LogP contribution in [0.1, 0.15) is 11.3 Å². The van der Waals surface area contributed by atoms with Crippen molar-refractivity contribution in [3.8, 4) is 0 Å². The molecule has 0 saturated heterocycles. The van der Waals surface area contributed by atoms with Crippen LogP contribution in [0.2, 0.25) is 0 Å². The van der Waals surface area contributed by atoms with Crippen LogP contribution < -0.4 is 0 Å². The van der Waals surface area contributed by atoms with Crippen LogP contribution in [0.5, 0.6) is 0 Å². The third kappa shape index (κ3) is 3.37. The molecule has 80 valence electrons. The number of alkyl halides is 3. The first-order chi connectivity index (χ1) is 6.38. The van der Waals surface area contributed by atoms with E-state index >= 15 is 0 Å². The minimum absolute atomic E-state index is 0.0564. The van der Waals surface area contributed by atoms with Crippen LogP contribution >= 0.6 is 0 Å². The van der Waals surface area contributed by atoms with Gasteiger partial charge in [0.05, 0.1) is 12.3 Å². The number of ether oxygens (including phenoxy) is 1. The van der Waals surface area contributed by atoms with Crippen LogP contribution in [0.25, 0.3) is 0 Å². The molecule has 0 atom stereocenters. The van der Waals surface area contributed by atoms with Gasteiger partial charge in [-0.25, -0.2) is 0 Å². The van der Waals surface area contributed by atoms with Crippen molar-refractivity contribution in [2.24, 2.45) is 7.05 Å². The van der Waals surface area contributed by atoms with Crippen LogP contribution in [0.3, 0.4) is 0 Å². The third-order valence-electron chi connectivity index (χ3n) is 1.64. The summed E-state index contributed by atoms with van der Waals surface area (Å²) in [6, 6.07) is 0. The fourth-order valence-corrected chi connectivity index (χ4v) is 1.07. The van der Waals surface area contributed by atoms with E-state index in [0.717, 1.165) is 0 Å². The summed E-state index contributed by atoms with van der Waals surface area (Å²) in [5.74, 6) is 0. The molecule has 6 heteroatoms. The minimum atomic E-state index is -4.27. The van der Waals surface area contributed by atoms with Gasteiger partial charge in [-0.1, -0.05) is 0 Å². The maximum absolute atomic E-state index is 11.7. The van der Waals surface area contributed by atoms with Crippen LogP contribution in [0.4, 0.5) is 13.2 Å². The summed E-state index contributed by atoms with van der Waals surface area (Å²) in [4.78, 5) is 0. The first-order valence-electron chi connectivity index (χ1n) is 4.02. The summed E-state index contributed by atoms with van der Waals surface area (Å²) in [5, 5.41) is 3.98. The molecule has 14 heavy (non-hydrogen) atoms. The normalized spacial score (nSPS) is 12.1. The maximum atomic E-state index is 11.7. The van der Waals surface area contributed by atoms with Gasteiger partial charge >= 0.3 is 6.18 Å². The smallest absolute Gasteiger partial charge is 0.367 e. The Morgan fingerprint density at radius 1 is 1.50 bits per heavy atom. The van der Waals surface area contributed by atoms with Gasteiger partial charge in [-0.3, -0.25) is 4.68 Å². The van der Waals surface area contributed by atoms with E-state index in [0.29, 0.717) is 11.3 Å². The van der Waals surface area contributed by atoms with E-state index in [-0.39, 0.29) is 6.61 Å². The first kappa shape index (κ1) is 11.0. The Kier molecular flexibility index (Phi) is 3.15. The van der Waals surface area contributed by atoms with E-state index in [1.54, 1.807) is 24.9 Å². The lowest BCUT2D eigenvalue weighted by molar-refractivity contribution is -0.176. The van der Waals surface area contributed by atoms with Crippen molar-refractivity contribution in [2.45, 2.75) is 19.7 Å². The molecule has 0 aliphatic rings. The quantitative estimate of drug-likeness (QED) is 0.757. The predicted molar refractivity (Wildman–Crippen MR) is 43.7 cm³/mol. The van der Waals surface area contributed by atoms with Crippen molar-refractivity contribution >= 4 is 0 Å². The van der Waals surface area contributed by atoms with Gasteiger partial charge < -0.3 is 4.74 Å². The van der Waals surface area contributed by atoms with E-state index in [2.05, 4.69) is 9.84 Å². The summed E-state index contributed by atoms with van der Waals surface area (Å²) in [7, 11) is 1.71. The SMILES string of the molecule is Cc1nn(C)cc1COCC(F)(F)F. The number of halogens is 3. The van der Waals surface area contributed by atoms with E-state index in [4.69, 9.17) is 0 Å². The Bertz CT molecular complexity index is 306. The number of hydrogen-bond donors (Lipinski definition) is 0. The molecule has 1 aromatic rings. The van der Waals surface area contributed by atoms with Gasteiger partial charge in [-0.2, -0.15) is 18.3 Å². The van der Waals surface area contributed by atoms with Crippen LogP contribution in [0, 0.1) is 6.92 Å².